The number of likely N-dealkylation sites (tertiary alicyclic amines) is 2. The normalized spacial score (nSPS) is 19.0. The average molecular weight is 1190 g/mol. The van der Waals surface area contributed by atoms with Crippen LogP contribution in [0.3, 0.4) is 0 Å². The van der Waals surface area contributed by atoms with Crippen molar-refractivity contribution in [1.29, 1.82) is 0 Å². The Hall–Kier alpha value is -6.63. The second kappa shape index (κ2) is 29.3. The molecule has 7 N–H and O–H groups in total. The molecule has 4 aliphatic rings. The summed E-state index contributed by atoms with van der Waals surface area (Å²) < 4.78 is 69.3. The van der Waals surface area contributed by atoms with E-state index < -0.39 is 61.1 Å². The Morgan fingerprint density at radius 1 is 0.675 bits per heavy atom. The van der Waals surface area contributed by atoms with Gasteiger partial charge in [-0.25, -0.2) is 37.1 Å². The highest BCUT2D eigenvalue weighted by atomic mass is 32.1. The van der Waals surface area contributed by atoms with E-state index in [4.69, 9.17) is 40.8 Å². The lowest BCUT2D eigenvalue weighted by Crippen LogP contribution is -2.56. The number of carboxylic acids is 1. The van der Waals surface area contributed by atoms with Crippen LogP contribution in [0.1, 0.15) is 102 Å². The number of amides is 4. The maximum absolute atomic E-state index is 14.3. The number of rotatable bonds is 14. The molecular formula is C60H74F4N8O9S2. The van der Waals surface area contributed by atoms with Crippen molar-refractivity contribution in [2.75, 3.05) is 52.9 Å². The Balaban J connectivity index is 0.000000195. The fourth-order valence-corrected chi connectivity index (χ4v) is 12.6. The highest BCUT2D eigenvalue weighted by Crippen LogP contribution is 2.41. The monoisotopic (exact) mass is 1190 g/mol. The molecule has 2 aromatic heterocycles. The molecule has 0 aliphatic carbocycles. The molecule has 2 unspecified atom stereocenters. The number of carbonyl (C=O) groups is 5. The van der Waals surface area contributed by atoms with Crippen LogP contribution in [0.2, 0.25) is 0 Å². The van der Waals surface area contributed by atoms with Crippen molar-refractivity contribution in [3.8, 4) is 22.5 Å². The topological polar surface area (TPSA) is 242 Å². The smallest absolute Gasteiger partial charge is 0.408 e. The summed E-state index contributed by atoms with van der Waals surface area (Å²) in [6, 6.07) is 16.8. The van der Waals surface area contributed by atoms with E-state index in [0.29, 0.717) is 56.6 Å². The number of hydrogen-bond donors (Lipinski definition) is 5. The molecule has 10 rings (SSSR count). The molecule has 4 saturated heterocycles. The maximum Gasteiger partial charge on any atom is 0.408 e. The van der Waals surface area contributed by atoms with Gasteiger partial charge in [-0.2, -0.15) is 0 Å². The summed E-state index contributed by atoms with van der Waals surface area (Å²) in [6.45, 7) is 6.33. The van der Waals surface area contributed by atoms with Crippen molar-refractivity contribution in [1.82, 2.24) is 30.4 Å². The van der Waals surface area contributed by atoms with Crippen molar-refractivity contribution in [2.24, 2.45) is 23.3 Å². The minimum Gasteiger partial charge on any atom is -0.480 e. The number of nitrogens with one attached hydrogen (secondary N) is 2. The number of alkyl carbamates (subject to hydrolysis) is 1. The molecular weight excluding hydrogens is 1120 g/mol. The van der Waals surface area contributed by atoms with Crippen molar-refractivity contribution in [3.63, 3.8) is 0 Å². The molecule has 0 spiro atoms. The molecule has 4 aliphatic heterocycles. The van der Waals surface area contributed by atoms with Crippen molar-refractivity contribution in [2.45, 2.75) is 121 Å². The lowest BCUT2D eigenvalue weighted by Gasteiger charge is -2.34. The number of ether oxygens (including phenoxy) is 3. The molecule has 23 heteroatoms. The summed E-state index contributed by atoms with van der Waals surface area (Å²) in [5.74, 6) is -2.71. The van der Waals surface area contributed by atoms with Crippen molar-refractivity contribution >= 4 is 74.0 Å². The fourth-order valence-electron chi connectivity index (χ4n) is 10.7. The zero-order valence-electron chi connectivity index (χ0n) is 46.0. The van der Waals surface area contributed by atoms with Gasteiger partial charge in [0.1, 0.15) is 52.7 Å². The first-order chi connectivity index (χ1) is 39.4. The Bertz CT molecular complexity index is 3190. The average Bonchev–Trinajstić information content (AvgIpc) is 4.41. The number of aliphatic carboxylic acids is 1. The Kier molecular flexibility index (Phi) is 22.5. The quantitative estimate of drug-likeness (QED) is 0.0639. The van der Waals surface area contributed by atoms with E-state index in [0.717, 1.165) is 88.4 Å². The molecule has 6 aromatic rings. The molecule has 448 valence electrons. The summed E-state index contributed by atoms with van der Waals surface area (Å²) in [6.07, 6.45) is 5.38. The first-order valence-electron chi connectivity index (χ1n) is 27.6. The van der Waals surface area contributed by atoms with Crippen LogP contribution in [-0.2, 0) is 33.4 Å². The minimum atomic E-state index is -1.55. The Morgan fingerprint density at radius 2 is 1.13 bits per heavy atom. The van der Waals surface area contributed by atoms with Crippen LogP contribution >= 0.6 is 22.7 Å². The maximum atomic E-state index is 14.3. The van der Waals surface area contributed by atoms with Gasteiger partial charge in [-0.3, -0.25) is 14.4 Å². The van der Waals surface area contributed by atoms with Crippen LogP contribution in [0.4, 0.5) is 22.4 Å². The highest BCUT2D eigenvalue weighted by molar-refractivity contribution is 7.10. The third kappa shape index (κ3) is 15.8. The van der Waals surface area contributed by atoms with E-state index in [-0.39, 0.29) is 54.8 Å². The second-order valence-electron chi connectivity index (χ2n) is 21.7. The molecule has 4 amide bonds. The molecule has 4 fully saturated rings. The summed E-state index contributed by atoms with van der Waals surface area (Å²) in [5.41, 5.74) is 14.6. The number of carboxylic acid groups (broad SMARTS) is 1. The highest BCUT2D eigenvalue weighted by Gasteiger charge is 2.41. The minimum absolute atomic E-state index is 0. The van der Waals surface area contributed by atoms with Gasteiger partial charge in [-0.05, 0) is 119 Å². The number of halogens is 4. The lowest BCUT2D eigenvalue weighted by molar-refractivity contribution is -0.140. The first kappa shape index (κ1) is 63.9. The summed E-state index contributed by atoms with van der Waals surface area (Å²) >= 11 is 3.03. The lowest BCUT2D eigenvalue weighted by atomic mass is 9.90. The fraction of sp³-hybridized carbons (Fsp3) is 0.483. The number of hydrogen-bond acceptors (Lipinski definition) is 14. The van der Waals surface area contributed by atoms with Crippen LogP contribution in [0, 0.1) is 23.5 Å². The predicted octanol–water partition coefficient (Wildman–Crippen LogP) is 10.1. The van der Waals surface area contributed by atoms with Gasteiger partial charge in [-0.1, -0.05) is 56.0 Å². The zero-order chi connectivity index (χ0) is 58.7. The predicted molar refractivity (Wildman–Crippen MR) is 312 cm³/mol. The third-order valence-electron chi connectivity index (χ3n) is 15.0. The molecule has 0 radical (unpaired) electrons. The van der Waals surface area contributed by atoms with Crippen LogP contribution in [0.25, 0.3) is 44.1 Å². The van der Waals surface area contributed by atoms with Crippen molar-refractivity contribution < 1.29 is 60.9 Å². The summed E-state index contributed by atoms with van der Waals surface area (Å²) in [4.78, 5) is 74.3. The number of alkyl halides is 2. The van der Waals surface area contributed by atoms with E-state index in [1.807, 2.05) is 51.3 Å². The van der Waals surface area contributed by atoms with E-state index in [1.54, 1.807) is 67.3 Å². The van der Waals surface area contributed by atoms with Gasteiger partial charge >= 0.3 is 12.1 Å². The number of aromatic nitrogens is 2. The number of thiazole rings is 2. The van der Waals surface area contributed by atoms with Crippen LogP contribution in [0.15, 0.2) is 83.6 Å². The molecule has 4 aromatic carbocycles. The first-order valence-corrected chi connectivity index (χ1v) is 29.3. The van der Waals surface area contributed by atoms with E-state index in [9.17, 15) is 41.5 Å². The Morgan fingerprint density at radius 3 is 1.58 bits per heavy atom. The Labute approximate surface area is 488 Å². The van der Waals surface area contributed by atoms with Crippen molar-refractivity contribution in [3.05, 3.63) is 105 Å². The van der Waals surface area contributed by atoms with Gasteiger partial charge in [-0.15, -0.1) is 22.7 Å². The molecule has 0 bridgehead atoms. The SMILES string of the molecule is C.CC(C)(C)OC(=O)NC(CF)C(=O)O.NC(CF)C(=O)N[C@H](C(=O)N1CCC[C@H]1c1nc(-c2ccc(F)c3ccccc23)cs1)C1CCOCC1.N[C@H](C(=O)N1CCC[C@H]1c1nc(-c2ccc(F)c3ccccc23)cs1)C1CCOCC1. The van der Waals surface area contributed by atoms with Gasteiger partial charge < -0.3 is 51.2 Å². The molecule has 0 saturated carbocycles. The van der Waals surface area contributed by atoms with Crippen LogP contribution in [-0.4, -0.2) is 137 Å². The van der Waals surface area contributed by atoms with Gasteiger partial charge in [0, 0.05) is 72.2 Å². The summed E-state index contributed by atoms with van der Waals surface area (Å²) in [5, 5.41) is 21.5. The van der Waals surface area contributed by atoms with Gasteiger partial charge in [0.15, 0.2) is 6.04 Å². The van der Waals surface area contributed by atoms with Crippen LogP contribution < -0.4 is 22.1 Å². The standard InChI is InChI=1S/C27H30F2N4O3S.C24H26FN3O2S.C8H14FNO4.CH4/c28-14-21(30)25(34)32-24(16-9-12-36-13-10-16)27(35)33-11-3-6-23(33)26-31-22(15-37-26)19-7-8-20(29)18-5-2-1-4-17(18)19;25-19-8-7-18(16-4-1-2-5-17(16)19)20-14-31-23(27-20)21-6-3-11-28(21)24(29)22(26)15-9-12-30-13-10-15;1-8(2,3)14-7(13)10-5(4-9)6(11)12;/h1-2,4-5,7-8,15-16,21,23-24H,3,6,9-14,30H2,(H,32,34);1-2,4-5,7-8,14-15,21-22H,3,6,9-13,26H2;5H,4H2,1-3H3,(H,10,13)(H,11,12);1H4/t21?,23-,24-;21-,22-;;/m00../s1. The molecule has 83 heavy (non-hydrogen) atoms. The largest absolute Gasteiger partial charge is 0.480 e. The number of carbonyl (C=O) groups excluding carboxylic acids is 4. The van der Waals surface area contributed by atoms with E-state index in [2.05, 4.69) is 5.32 Å². The zero-order valence-corrected chi connectivity index (χ0v) is 47.6. The van der Waals surface area contributed by atoms with Gasteiger partial charge in [0.25, 0.3) is 0 Å². The van der Waals surface area contributed by atoms with Crippen LogP contribution in [0.5, 0.6) is 0 Å². The number of fused-ring (bicyclic) bond motifs is 2. The second-order valence-corrected chi connectivity index (χ2v) is 23.4. The summed E-state index contributed by atoms with van der Waals surface area (Å²) in [7, 11) is 0. The molecule has 6 atom stereocenters. The third-order valence-corrected chi connectivity index (χ3v) is 16.9. The number of nitrogens with two attached hydrogens (primary N) is 2. The van der Waals surface area contributed by atoms with E-state index >= 15 is 0 Å². The van der Waals surface area contributed by atoms with E-state index in [1.165, 1.54) is 23.5 Å². The molecule has 17 nitrogen and oxygen atoms in total. The van der Waals surface area contributed by atoms with Gasteiger partial charge in [0.05, 0.1) is 29.5 Å². The number of nitrogens with zero attached hydrogens (tertiary/aromatic N) is 4. The molecule has 6 heterocycles. The number of benzene rings is 4. The van der Waals surface area contributed by atoms with Gasteiger partial charge in [0.2, 0.25) is 17.7 Å².